The molecule has 3 aromatic rings. The summed E-state index contributed by atoms with van der Waals surface area (Å²) < 4.78 is 11.1. The van der Waals surface area contributed by atoms with E-state index in [-0.39, 0.29) is 5.91 Å². The summed E-state index contributed by atoms with van der Waals surface area (Å²) in [5.41, 5.74) is 4.38. The fraction of sp³-hybridized carbons (Fsp3) is 0.385. The molecule has 0 spiro atoms. The Kier molecular flexibility index (Phi) is 7.62. The average molecular weight is 466 g/mol. The number of methoxy groups -OCH3 is 1. The van der Waals surface area contributed by atoms with E-state index in [9.17, 15) is 4.79 Å². The molecule has 0 saturated carbocycles. The lowest BCUT2D eigenvalue weighted by atomic mass is 10.1. The van der Waals surface area contributed by atoms with Crippen LogP contribution in [0.25, 0.3) is 10.6 Å². The van der Waals surface area contributed by atoms with Crippen LogP contribution in [0.5, 0.6) is 11.5 Å². The highest BCUT2D eigenvalue weighted by Gasteiger charge is 2.22. The van der Waals surface area contributed by atoms with E-state index >= 15 is 0 Å². The zero-order chi connectivity index (χ0) is 23.2. The molecular weight excluding hydrogens is 434 g/mol. The van der Waals surface area contributed by atoms with Crippen LogP contribution in [0, 0.1) is 6.92 Å². The van der Waals surface area contributed by atoms with Crippen molar-refractivity contribution < 1.29 is 14.3 Å². The highest BCUT2D eigenvalue weighted by Crippen LogP contribution is 2.34. The van der Waals surface area contributed by atoms with E-state index in [4.69, 9.17) is 14.5 Å². The van der Waals surface area contributed by atoms with E-state index in [0.717, 1.165) is 66.1 Å². The minimum atomic E-state index is 0.207. The van der Waals surface area contributed by atoms with E-state index in [2.05, 4.69) is 29.3 Å². The number of hydrogen-bond acceptors (Lipinski definition) is 6. The number of aromatic nitrogens is 1. The van der Waals surface area contributed by atoms with Crippen LogP contribution in [0.1, 0.15) is 23.7 Å². The second-order valence-corrected chi connectivity index (χ2v) is 9.12. The molecule has 0 unspecified atom stereocenters. The van der Waals surface area contributed by atoms with Crippen LogP contribution in [-0.2, 0) is 17.8 Å². The SMILES string of the molecule is CCOc1ccc(-c2nc(CN3CCN(C(=O)Cc4ccc(C)cc4)CC3)cs2)cc1OC. The lowest BCUT2D eigenvalue weighted by molar-refractivity contribution is -0.132. The highest BCUT2D eigenvalue weighted by atomic mass is 32.1. The predicted molar refractivity (Wildman–Crippen MR) is 132 cm³/mol. The third-order valence-electron chi connectivity index (χ3n) is 5.85. The van der Waals surface area contributed by atoms with Crippen LogP contribution in [-0.4, -0.2) is 60.6 Å². The Balaban J connectivity index is 1.31. The number of hydrogen-bond donors (Lipinski definition) is 0. The molecule has 0 bridgehead atoms. The molecule has 0 aliphatic carbocycles. The van der Waals surface area contributed by atoms with Crippen molar-refractivity contribution in [2.24, 2.45) is 0 Å². The molecule has 174 valence electrons. The number of ether oxygens (including phenoxy) is 2. The zero-order valence-electron chi connectivity index (χ0n) is 19.5. The van der Waals surface area contributed by atoms with E-state index in [1.807, 2.05) is 42.2 Å². The Morgan fingerprint density at radius 1 is 1.06 bits per heavy atom. The van der Waals surface area contributed by atoms with Gasteiger partial charge in [0.2, 0.25) is 5.91 Å². The summed E-state index contributed by atoms with van der Waals surface area (Å²) >= 11 is 1.64. The zero-order valence-corrected chi connectivity index (χ0v) is 20.4. The van der Waals surface area contributed by atoms with Crippen LogP contribution in [0.15, 0.2) is 47.8 Å². The fourth-order valence-corrected chi connectivity index (χ4v) is 4.77. The van der Waals surface area contributed by atoms with Gasteiger partial charge in [0.15, 0.2) is 11.5 Å². The number of nitrogens with zero attached hydrogens (tertiary/aromatic N) is 3. The molecule has 6 nitrogen and oxygen atoms in total. The molecule has 33 heavy (non-hydrogen) atoms. The monoisotopic (exact) mass is 465 g/mol. The van der Waals surface area contributed by atoms with Crippen molar-refractivity contribution >= 4 is 17.2 Å². The number of piperazine rings is 1. The van der Waals surface area contributed by atoms with Crippen molar-refractivity contribution in [2.45, 2.75) is 26.8 Å². The summed E-state index contributed by atoms with van der Waals surface area (Å²) in [4.78, 5) is 21.9. The first-order valence-electron chi connectivity index (χ1n) is 11.4. The first kappa shape index (κ1) is 23.3. The quantitative estimate of drug-likeness (QED) is 0.493. The van der Waals surface area contributed by atoms with Crippen molar-refractivity contribution in [1.29, 1.82) is 0 Å². The minimum absolute atomic E-state index is 0.207. The van der Waals surface area contributed by atoms with Gasteiger partial charge in [0.25, 0.3) is 0 Å². The average Bonchev–Trinajstić information content (AvgIpc) is 3.30. The Labute approximate surface area is 199 Å². The normalized spacial score (nSPS) is 14.3. The summed E-state index contributed by atoms with van der Waals surface area (Å²) in [5, 5.41) is 3.09. The third kappa shape index (κ3) is 5.92. The van der Waals surface area contributed by atoms with Gasteiger partial charge in [0.05, 0.1) is 25.8 Å². The van der Waals surface area contributed by atoms with Gasteiger partial charge in [-0.25, -0.2) is 4.98 Å². The Morgan fingerprint density at radius 3 is 2.52 bits per heavy atom. The molecule has 7 heteroatoms. The molecule has 2 aromatic carbocycles. The fourth-order valence-electron chi connectivity index (χ4n) is 3.96. The van der Waals surface area contributed by atoms with Crippen LogP contribution in [0.4, 0.5) is 0 Å². The third-order valence-corrected chi connectivity index (χ3v) is 6.79. The summed E-state index contributed by atoms with van der Waals surface area (Å²) in [7, 11) is 1.65. The highest BCUT2D eigenvalue weighted by molar-refractivity contribution is 7.13. The van der Waals surface area contributed by atoms with Crippen LogP contribution < -0.4 is 9.47 Å². The van der Waals surface area contributed by atoms with Crippen molar-refractivity contribution in [1.82, 2.24) is 14.8 Å². The maximum atomic E-state index is 12.7. The Bertz CT molecular complexity index is 1070. The molecule has 2 heterocycles. The summed E-state index contributed by atoms with van der Waals surface area (Å²) in [6, 6.07) is 14.1. The number of amides is 1. The molecule has 4 rings (SSSR count). The maximum absolute atomic E-state index is 12.7. The number of thiazole rings is 1. The molecular formula is C26H31N3O3S. The van der Waals surface area contributed by atoms with Crippen molar-refractivity contribution in [2.75, 3.05) is 39.9 Å². The summed E-state index contributed by atoms with van der Waals surface area (Å²) in [6.45, 7) is 8.67. The van der Waals surface area contributed by atoms with Gasteiger partial charge in [0, 0.05) is 43.7 Å². The number of aryl methyl sites for hydroxylation is 1. The van der Waals surface area contributed by atoms with Crippen LogP contribution in [0.3, 0.4) is 0 Å². The van der Waals surface area contributed by atoms with Gasteiger partial charge in [-0.1, -0.05) is 29.8 Å². The molecule has 0 atom stereocenters. The van der Waals surface area contributed by atoms with Gasteiger partial charge in [-0.15, -0.1) is 11.3 Å². The minimum Gasteiger partial charge on any atom is -0.493 e. The standard InChI is InChI=1S/C26H31N3O3S/c1-4-32-23-10-9-21(16-24(23)31-3)26-27-22(18-33-26)17-28-11-13-29(14-12-28)25(30)15-20-7-5-19(2)6-8-20/h5-10,16,18H,4,11-15,17H2,1-3H3. The predicted octanol–water partition coefficient (Wildman–Crippen LogP) is 4.41. The van der Waals surface area contributed by atoms with E-state index in [1.54, 1.807) is 18.4 Å². The van der Waals surface area contributed by atoms with Gasteiger partial charge < -0.3 is 14.4 Å². The van der Waals surface area contributed by atoms with Gasteiger partial charge in [-0.2, -0.15) is 0 Å². The Hall–Kier alpha value is -2.90. The molecule has 1 fully saturated rings. The largest absolute Gasteiger partial charge is 0.493 e. The summed E-state index contributed by atoms with van der Waals surface area (Å²) in [5.74, 6) is 1.67. The van der Waals surface area contributed by atoms with E-state index in [0.29, 0.717) is 13.0 Å². The smallest absolute Gasteiger partial charge is 0.227 e. The van der Waals surface area contributed by atoms with Crippen molar-refractivity contribution in [3.8, 4) is 22.1 Å². The number of carbonyl (C=O) groups excluding carboxylic acids is 1. The van der Waals surface area contributed by atoms with Gasteiger partial charge >= 0.3 is 0 Å². The van der Waals surface area contributed by atoms with Crippen LogP contribution in [0.2, 0.25) is 0 Å². The molecule has 1 aromatic heterocycles. The maximum Gasteiger partial charge on any atom is 0.227 e. The Morgan fingerprint density at radius 2 is 1.82 bits per heavy atom. The number of rotatable bonds is 8. The first-order valence-corrected chi connectivity index (χ1v) is 12.2. The van der Waals surface area contributed by atoms with Gasteiger partial charge in [-0.3, -0.25) is 9.69 Å². The van der Waals surface area contributed by atoms with Gasteiger partial charge in [0.1, 0.15) is 5.01 Å². The molecule has 1 saturated heterocycles. The summed E-state index contributed by atoms with van der Waals surface area (Å²) in [6.07, 6.45) is 0.473. The lowest BCUT2D eigenvalue weighted by Crippen LogP contribution is -2.48. The molecule has 1 aliphatic rings. The molecule has 0 N–H and O–H groups in total. The second kappa shape index (κ2) is 10.8. The van der Waals surface area contributed by atoms with Crippen molar-refractivity contribution in [3.05, 3.63) is 64.7 Å². The topological polar surface area (TPSA) is 54.9 Å². The molecule has 0 radical (unpaired) electrons. The van der Waals surface area contributed by atoms with E-state index in [1.165, 1.54) is 5.56 Å². The lowest BCUT2D eigenvalue weighted by Gasteiger charge is -2.34. The number of carbonyl (C=O) groups is 1. The molecule has 1 aliphatic heterocycles. The molecule has 1 amide bonds. The first-order chi connectivity index (χ1) is 16.1. The van der Waals surface area contributed by atoms with Crippen LogP contribution >= 0.6 is 11.3 Å². The van der Waals surface area contributed by atoms with Crippen molar-refractivity contribution in [3.63, 3.8) is 0 Å². The second-order valence-electron chi connectivity index (χ2n) is 8.26. The van der Waals surface area contributed by atoms with E-state index < -0.39 is 0 Å². The number of benzene rings is 2. The van der Waals surface area contributed by atoms with Gasteiger partial charge in [-0.05, 0) is 37.6 Å².